The van der Waals surface area contributed by atoms with Crippen LogP contribution in [0.4, 0.5) is 5.95 Å². The van der Waals surface area contributed by atoms with Gasteiger partial charge in [0, 0.05) is 23.8 Å². The fourth-order valence-electron chi connectivity index (χ4n) is 1.89. The summed E-state index contributed by atoms with van der Waals surface area (Å²) in [7, 11) is 0. The van der Waals surface area contributed by atoms with Crippen LogP contribution in [0.2, 0.25) is 5.02 Å². The molecule has 1 aliphatic rings. The van der Waals surface area contributed by atoms with Crippen LogP contribution < -0.4 is 10.1 Å². The maximum atomic E-state index is 11.9. The van der Waals surface area contributed by atoms with E-state index >= 15 is 0 Å². The minimum atomic E-state index is -0.538. The lowest BCUT2D eigenvalue weighted by Gasteiger charge is -2.09. The van der Waals surface area contributed by atoms with Crippen LogP contribution in [0, 0.1) is 0 Å². The predicted octanol–water partition coefficient (Wildman–Crippen LogP) is 2.01. The molecular weight excluding hydrogens is 254 g/mol. The number of H-pyrrole nitrogens is 1. The summed E-state index contributed by atoms with van der Waals surface area (Å²) in [6.45, 7) is 0. The van der Waals surface area contributed by atoms with E-state index in [0.717, 1.165) is 5.56 Å². The summed E-state index contributed by atoms with van der Waals surface area (Å²) in [6, 6.07) is 5.34. The van der Waals surface area contributed by atoms with E-state index in [1.807, 2.05) is 6.07 Å². The summed E-state index contributed by atoms with van der Waals surface area (Å²) in [5.41, 5.74) is 0.946. The number of benzene rings is 1. The molecule has 1 aromatic heterocycles. The standard InChI is InChI=1S/C12H10ClN3O2/c13-8-1-2-9-7(5-8)6-10(18-9)11(17)16-12-14-3-4-15-12/h1-5,10H,6H2,(H2,14,15,16,17). The topological polar surface area (TPSA) is 67.0 Å². The highest BCUT2D eigenvalue weighted by Gasteiger charge is 2.29. The molecule has 2 N–H and O–H groups in total. The molecule has 1 atom stereocenters. The van der Waals surface area contributed by atoms with Crippen LogP contribution in [-0.2, 0) is 11.2 Å². The van der Waals surface area contributed by atoms with Gasteiger partial charge >= 0.3 is 0 Å². The Morgan fingerprint density at radius 3 is 3.22 bits per heavy atom. The van der Waals surface area contributed by atoms with Crippen molar-refractivity contribution in [2.24, 2.45) is 0 Å². The third-order valence-corrected chi connectivity index (χ3v) is 2.96. The summed E-state index contributed by atoms with van der Waals surface area (Å²) in [4.78, 5) is 18.7. The van der Waals surface area contributed by atoms with Crippen LogP contribution in [0.5, 0.6) is 5.75 Å². The maximum Gasteiger partial charge on any atom is 0.268 e. The quantitative estimate of drug-likeness (QED) is 0.871. The number of rotatable bonds is 2. The Hall–Kier alpha value is -2.01. The molecule has 2 aromatic rings. The minimum absolute atomic E-state index is 0.225. The number of ether oxygens (including phenoxy) is 1. The summed E-state index contributed by atoms with van der Waals surface area (Å²) in [5.74, 6) is 0.897. The number of fused-ring (bicyclic) bond motifs is 1. The molecule has 0 fully saturated rings. The predicted molar refractivity (Wildman–Crippen MR) is 66.8 cm³/mol. The van der Waals surface area contributed by atoms with Crippen LogP contribution >= 0.6 is 11.6 Å². The SMILES string of the molecule is O=C(Nc1ncc[nH]1)C1Cc2cc(Cl)ccc2O1. The van der Waals surface area contributed by atoms with Crippen LogP contribution in [0.1, 0.15) is 5.56 Å². The van der Waals surface area contributed by atoms with Crippen LogP contribution in [0.25, 0.3) is 0 Å². The molecule has 0 saturated carbocycles. The molecule has 1 amide bonds. The van der Waals surface area contributed by atoms with E-state index in [-0.39, 0.29) is 5.91 Å². The number of nitrogens with zero attached hydrogens (tertiary/aromatic N) is 1. The molecule has 6 heteroatoms. The van der Waals surface area contributed by atoms with Gasteiger partial charge in [-0.15, -0.1) is 0 Å². The van der Waals surface area contributed by atoms with Gasteiger partial charge in [0.05, 0.1) is 0 Å². The third-order valence-electron chi connectivity index (χ3n) is 2.73. The van der Waals surface area contributed by atoms with Gasteiger partial charge in [0.2, 0.25) is 5.95 Å². The molecule has 1 unspecified atom stereocenters. The van der Waals surface area contributed by atoms with E-state index < -0.39 is 6.10 Å². The van der Waals surface area contributed by atoms with Gasteiger partial charge in [0.15, 0.2) is 6.10 Å². The highest BCUT2D eigenvalue weighted by atomic mass is 35.5. The zero-order valence-corrected chi connectivity index (χ0v) is 10.1. The van der Waals surface area contributed by atoms with Crippen molar-refractivity contribution >= 4 is 23.5 Å². The first kappa shape index (κ1) is 11.1. The molecule has 0 radical (unpaired) electrons. The Balaban J connectivity index is 1.72. The first-order valence-electron chi connectivity index (χ1n) is 5.48. The molecule has 5 nitrogen and oxygen atoms in total. The number of nitrogens with one attached hydrogen (secondary N) is 2. The first-order valence-corrected chi connectivity index (χ1v) is 5.85. The first-order chi connectivity index (χ1) is 8.72. The van der Waals surface area contributed by atoms with Gasteiger partial charge in [-0.25, -0.2) is 4.98 Å². The number of hydrogen-bond donors (Lipinski definition) is 2. The number of carbonyl (C=O) groups is 1. The van der Waals surface area contributed by atoms with Gasteiger partial charge in [-0.05, 0) is 23.8 Å². The average Bonchev–Trinajstić information content (AvgIpc) is 2.96. The second-order valence-corrected chi connectivity index (χ2v) is 4.43. The highest BCUT2D eigenvalue weighted by molar-refractivity contribution is 6.30. The van der Waals surface area contributed by atoms with Gasteiger partial charge in [-0.3, -0.25) is 10.1 Å². The number of hydrogen-bond acceptors (Lipinski definition) is 3. The van der Waals surface area contributed by atoms with Crippen LogP contribution in [0.15, 0.2) is 30.6 Å². The van der Waals surface area contributed by atoms with E-state index in [2.05, 4.69) is 15.3 Å². The lowest BCUT2D eigenvalue weighted by molar-refractivity contribution is -0.122. The maximum absolute atomic E-state index is 11.9. The van der Waals surface area contributed by atoms with E-state index in [9.17, 15) is 4.79 Å². The molecule has 0 bridgehead atoms. The van der Waals surface area contributed by atoms with E-state index in [1.165, 1.54) is 0 Å². The lowest BCUT2D eigenvalue weighted by atomic mass is 10.1. The summed E-state index contributed by atoms with van der Waals surface area (Å²) in [5, 5.41) is 3.29. The smallest absolute Gasteiger partial charge is 0.268 e. The van der Waals surface area contributed by atoms with Gasteiger partial charge in [-0.1, -0.05) is 11.6 Å². The Bertz CT molecular complexity index is 583. The fraction of sp³-hybridized carbons (Fsp3) is 0.167. The molecule has 0 saturated heterocycles. The Morgan fingerprint density at radius 1 is 1.56 bits per heavy atom. The third kappa shape index (κ3) is 2.04. The molecule has 0 spiro atoms. The molecule has 0 aliphatic carbocycles. The van der Waals surface area contributed by atoms with Crippen LogP contribution in [-0.4, -0.2) is 22.0 Å². The van der Waals surface area contributed by atoms with Gasteiger partial charge < -0.3 is 9.72 Å². The molecular formula is C12H10ClN3O2. The average molecular weight is 264 g/mol. The summed E-state index contributed by atoms with van der Waals surface area (Å²) in [6.07, 6.45) is 3.19. The molecule has 1 aliphatic heterocycles. The number of amides is 1. The summed E-state index contributed by atoms with van der Waals surface area (Å²) < 4.78 is 5.56. The Labute approximate surface area is 108 Å². The largest absolute Gasteiger partial charge is 0.480 e. The van der Waals surface area contributed by atoms with Crippen molar-refractivity contribution in [1.29, 1.82) is 0 Å². The summed E-state index contributed by atoms with van der Waals surface area (Å²) >= 11 is 5.89. The zero-order chi connectivity index (χ0) is 12.5. The Morgan fingerprint density at radius 2 is 2.44 bits per heavy atom. The van der Waals surface area contributed by atoms with Crippen molar-refractivity contribution in [2.75, 3.05) is 5.32 Å². The highest BCUT2D eigenvalue weighted by Crippen LogP contribution is 2.31. The van der Waals surface area contributed by atoms with E-state index in [1.54, 1.807) is 24.5 Å². The number of halogens is 1. The van der Waals surface area contributed by atoms with Crippen molar-refractivity contribution in [2.45, 2.75) is 12.5 Å². The number of anilines is 1. The second-order valence-electron chi connectivity index (χ2n) is 3.99. The van der Waals surface area contributed by atoms with Crippen molar-refractivity contribution in [3.05, 3.63) is 41.2 Å². The van der Waals surface area contributed by atoms with E-state index in [4.69, 9.17) is 16.3 Å². The Kier molecular flexibility index (Phi) is 2.68. The van der Waals surface area contributed by atoms with Crippen molar-refractivity contribution < 1.29 is 9.53 Å². The van der Waals surface area contributed by atoms with Crippen molar-refractivity contribution in [3.63, 3.8) is 0 Å². The van der Waals surface area contributed by atoms with Crippen molar-refractivity contribution in [1.82, 2.24) is 9.97 Å². The number of aromatic amines is 1. The van der Waals surface area contributed by atoms with Gasteiger partial charge in [0.25, 0.3) is 5.91 Å². The zero-order valence-electron chi connectivity index (χ0n) is 9.31. The van der Waals surface area contributed by atoms with Crippen molar-refractivity contribution in [3.8, 4) is 5.75 Å². The normalized spacial score (nSPS) is 17.1. The van der Waals surface area contributed by atoms with E-state index in [0.29, 0.717) is 23.1 Å². The fourth-order valence-corrected chi connectivity index (χ4v) is 2.09. The number of carbonyl (C=O) groups excluding carboxylic acids is 1. The lowest BCUT2D eigenvalue weighted by Crippen LogP contribution is -2.31. The molecule has 1 aromatic carbocycles. The number of aromatic nitrogens is 2. The molecule has 2 heterocycles. The monoisotopic (exact) mass is 263 g/mol. The minimum Gasteiger partial charge on any atom is -0.480 e. The second kappa shape index (κ2) is 4.34. The molecule has 92 valence electrons. The molecule has 3 rings (SSSR count). The molecule has 18 heavy (non-hydrogen) atoms. The van der Waals surface area contributed by atoms with Crippen LogP contribution in [0.3, 0.4) is 0 Å². The van der Waals surface area contributed by atoms with Gasteiger partial charge in [-0.2, -0.15) is 0 Å². The number of imidazole rings is 1. The van der Waals surface area contributed by atoms with Gasteiger partial charge in [0.1, 0.15) is 5.75 Å².